The summed E-state index contributed by atoms with van der Waals surface area (Å²) in [5.41, 5.74) is 23.6. The number of ether oxygens (including phenoxy) is 1. The molecule has 6 heteroatoms. The van der Waals surface area contributed by atoms with E-state index in [9.17, 15) is 0 Å². The molecule has 0 bridgehead atoms. The van der Waals surface area contributed by atoms with Crippen LogP contribution in [0.4, 0.5) is 17.1 Å². The number of hydrazine groups is 1. The first kappa shape index (κ1) is 41.3. The van der Waals surface area contributed by atoms with Gasteiger partial charge in [0.15, 0.2) is 0 Å². The van der Waals surface area contributed by atoms with Gasteiger partial charge in [-0.2, -0.15) is 0 Å². The lowest BCUT2D eigenvalue weighted by molar-refractivity contribution is 0.293. The summed E-state index contributed by atoms with van der Waals surface area (Å²) in [6.07, 6.45) is 30.2. The Labute approximate surface area is 378 Å². The Hall–Kier alpha value is -6.70. The molecule has 0 radical (unpaired) electrons. The first-order chi connectivity index (χ1) is 31.7. The second-order valence-corrected chi connectivity index (χ2v) is 17.3. The summed E-state index contributed by atoms with van der Waals surface area (Å²) in [5.74, 6) is 1.96. The van der Waals surface area contributed by atoms with Crippen LogP contribution >= 0.6 is 0 Å². The SMILES string of the molecule is COc1cccc(N2C3=CC=C(c4ccc(NC5=C(c6cccc(C7=CCC(C(NCc8ccccc8)NNCC8C=CC=CC8)C=C7)c6)CCC=C5)cc4)CC3c3ccccc32)c1. The third-order valence-corrected chi connectivity index (χ3v) is 13.2. The molecule has 5 aromatic rings. The van der Waals surface area contributed by atoms with Crippen LogP contribution in [0.5, 0.6) is 5.75 Å². The van der Waals surface area contributed by atoms with Crippen molar-refractivity contribution in [1.29, 1.82) is 0 Å². The van der Waals surface area contributed by atoms with Crippen molar-refractivity contribution < 1.29 is 4.74 Å². The van der Waals surface area contributed by atoms with E-state index in [4.69, 9.17) is 4.74 Å². The van der Waals surface area contributed by atoms with Crippen LogP contribution in [-0.4, -0.2) is 19.8 Å². The highest BCUT2D eigenvalue weighted by Gasteiger charge is 2.36. The molecule has 4 N–H and O–H groups in total. The summed E-state index contributed by atoms with van der Waals surface area (Å²) >= 11 is 0. The van der Waals surface area contributed by atoms with Crippen LogP contribution in [-0.2, 0) is 6.54 Å². The molecule has 10 rings (SSSR count). The van der Waals surface area contributed by atoms with Gasteiger partial charge in [-0.25, -0.2) is 5.43 Å². The minimum atomic E-state index is 0.0795. The van der Waals surface area contributed by atoms with E-state index >= 15 is 0 Å². The number of nitrogens with zero attached hydrogens (tertiary/aromatic N) is 1. The zero-order valence-corrected chi connectivity index (χ0v) is 36.6. The monoisotopic (exact) mass is 839 g/mol. The Kier molecular flexibility index (Phi) is 12.5. The molecule has 5 aromatic carbocycles. The van der Waals surface area contributed by atoms with Gasteiger partial charge in [-0.05, 0) is 131 Å². The van der Waals surface area contributed by atoms with Gasteiger partial charge < -0.3 is 15.0 Å². The average Bonchev–Trinajstić information content (AvgIpc) is 3.70. The van der Waals surface area contributed by atoms with Crippen molar-refractivity contribution in [3.63, 3.8) is 0 Å². The van der Waals surface area contributed by atoms with Crippen LogP contribution in [0, 0.1) is 11.8 Å². The number of hydrogen-bond donors (Lipinski definition) is 4. The molecular weight excluding hydrogens is 783 g/mol. The van der Waals surface area contributed by atoms with Gasteiger partial charge in [-0.1, -0.05) is 140 Å². The van der Waals surface area contributed by atoms with Gasteiger partial charge in [0, 0.05) is 59.4 Å². The molecule has 0 spiro atoms. The maximum absolute atomic E-state index is 5.59. The molecule has 5 aliphatic rings. The smallest absolute Gasteiger partial charge is 0.120 e. The molecule has 6 nitrogen and oxygen atoms in total. The molecule has 0 fully saturated rings. The van der Waals surface area contributed by atoms with Crippen molar-refractivity contribution >= 4 is 33.8 Å². The fraction of sp³-hybridized carbons (Fsp3) is 0.207. The van der Waals surface area contributed by atoms with Gasteiger partial charge in [-0.3, -0.25) is 10.7 Å². The van der Waals surface area contributed by atoms with E-state index in [1.54, 1.807) is 7.11 Å². The molecule has 0 saturated carbocycles. The predicted molar refractivity (Wildman–Crippen MR) is 267 cm³/mol. The van der Waals surface area contributed by atoms with Crippen LogP contribution in [0.15, 0.2) is 206 Å². The highest BCUT2D eigenvalue weighted by atomic mass is 16.5. The summed E-state index contributed by atoms with van der Waals surface area (Å²) in [7, 11) is 1.73. The predicted octanol–water partition coefficient (Wildman–Crippen LogP) is 12.8. The Morgan fingerprint density at radius 3 is 2.45 bits per heavy atom. The summed E-state index contributed by atoms with van der Waals surface area (Å²) < 4.78 is 5.59. The zero-order chi connectivity index (χ0) is 43.1. The van der Waals surface area contributed by atoms with Crippen molar-refractivity contribution in [2.24, 2.45) is 11.8 Å². The van der Waals surface area contributed by atoms with Crippen molar-refractivity contribution in [3.8, 4) is 5.75 Å². The van der Waals surface area contributed by atoms with E-state index in [1.807, 2.05) is 6.07 Å². The molecule has 4 atom stereocenters. The van der Waals surface area contributed by atoms with Gasteiger partial charge in [0.1, 0.15) is 5.75 Å². The van der Waals surface area contributed by atoms with Crippen LogP contribution in [0.2, 0.25) is 0 Å². The largest absolute Gasteiger partial charge is 0.497 e. The highest BCUT2D eigenvalue weighted by Crippen LogP contribution is 2.53. The second kappa shape index (κ2) is 19.4. The van der Waals surface area contributed by atoms with Crippen LogP contribution in [0.25, 0.3) is 16.7 Å². The normalized spacial score (nSPS) is 20.3. The Morgan fingerprint density at radius 2 is 1.61 bits per heavy atom. The number of rotatable bonds is 15. The molecule has 1 heterocycles. The highest BCUT2D eigenvalue weighted by molar-refractivity contribution is 5.84. The van der Waals surface area contributed by atoms with Crippen molar-refractivity contribution in [1.82, 2.24) is 16.2 Å². The summed E-state index contributed by atoms with van der Waals surface area (Å²) in [5, 5.41) is 7.61. The summed E-state index contributed by atoms with van der Waals surface area (Å²) in [6, 6.07) is 46.0. The number of anilines is 3. The molecule has 64 heavy (non-hydrogen) atoms. The number of para-hydroxylation sites is 1. The van der Waals surface area contributed by atoms with Crippen LogP contribution < -0.4 is 31.1 Å². The summed E-state index contributed by atoms with van der Waals surface area (Å²) in [4.78, 5) is 2.40. The molecule has 0 aromatic heterocycles. The lowest BCUT2D eigenvalue weighted by Crippen LogP contribution is -2.53. The number of hydrogen-bond acceptors (Lipinski definition) is 6. The second-order valence-electron chi connectivity index (χ2n) is 17.3. The quantitative estimate of drug-likeness (QED) is 0.0622. The van der Waals surface area contributed by atoms with Crippen LogP contribution in [0.3, 0.4) is 0 Å². The van der Waals surface area contributed by atoms with E-state index < -0.39 is 0 Å². The average molecular weight is 840 g/mol. The van der Waals surface area contributed by atoms with E-state index in [0.717, 1.165) is 62.3 Å². The molecule has 0 saturated heterocycles. The minimum absolute atomic E-state index is 0.0795. The third-order valence-electron chi connectivity index (χ3n) is 13.2. The minimum Gasteiger partial charge on any atom is -0.497 e. The Balaban J connectivity index is 0.821. The number of methoxy groups -OCH3 is 1. The molecule has 0 amide bonds. The lowest BCUT2D eigenvalue weighted by Gasteiger charge is -2.29. The van der Waals surface area contributed by atoms with Gasteiger partial charge in [0.25, 0.3) is 0 Å². The topological polar surface area (TPSA) is 60.6 Å². The maximum atomic E-state index is 5.59. The molecule has 320 valence electrons. The van der Waals surface area contributed by atoms with Gasteiger partial charge in [0.05, 0.1) is 13.3 Å². The van der Waals surface area contributed by atoms with Crippen molar-refractivity contribution in [3.05, 3.63) is 233 Å². The first-order valence-corrected chi connectivity index (χ1v) is 23.0. The number of benzene rings is 5. The van der Waals surface area contributed by atoms with E-state index in [2.05, 4.69) is 215 Å². The molecule has 1 aliphatic heterocycles. The first-order valence-electron chi connectivity index (χ1n) is 23.0. The van der Waals surface area contributed by atoms with E-state index in [0.29, 0.717) is 17.8 Å². The third kappa shape index (κ3) is 9.18. The fourth-order valence-corrected chi connectivity index (χ4v) is 9.78. The van der Waals surface area contributed by atoms with E-state index in [-0.39, 0.29) is 6.17 Å². The van der Waals surface area contributed by atoms with Crippen molar-refractivity contribution in [2.45, 2.75) is 50.7 Å². The Morgan fingerprint density at radius 1 is 0.750 bits per heavy atom. The number of fused-ring (bicyclic) bond motifs is 3. The van der Waals surface area contributed by atoms with Crippen molar-refractivity contribution in [2.75, 3.05) is 23.9 Å². The van der Waals surface area contributed by atoms with Gasteiger partial charge >= 0.3 is 0 Å². The molecule has 4 aliphatic carbocycles. The van der Waals surface area contributed by atoms with Gasteiger partial charge in [-0.15, -0.1) is 0 Å². The van der Waals surface area contributed by atoms with E-state index in [1.165, 1.54) is 61.6 Å². The lowest BCUT2D eigenvalue weighted by atomic mass is 9.85. The number of allylic oxidation sites excluding steroid dienone is 13. The zero-order valence-electron chi connectivity index (χ0n) is 36.6. The maximum Gasteiger partial charge on any atom is 0.120 e. The molecular formula is C58H57N5O. The van der Waals surface area contributed by atoms with Gasteiger partial charge in [0.2, 0.25) is 0 Å². The molecule has 4 unspecified atom stereocenters. The Bertz CT molecular complexity index is 2720. The summed E-state index contributed by atoms with van der Waals surface area (Å²) in [6.45, 7) is 1.69. The van der Waals surface area contributed by atoms with Crippen LogP contribution in [0.1, 0.15) is 65.8 Å². The standard InChI is InChI=1S/C58H57N5O/c1-64-51-21-13-20-50(38-51)63-56-25-11-9-23-53(56)54-37-47(32-35-57(54)63)44-30-33-49(34-31-44)61-55-24-10-8-22-52(55)48-19-12-18-46(36-48)43-26-28-45(29-27-43)58(59-39-41-14-4-2-5-15-41)62-60-40-42-16-6-3-7-17-42/h2-7,9-16,18-21,23-28,30-36,38,42,45,54,58-62H,8,17,22,29,37,39-40H2,1H3. The fourth-order valence-electron chi connectivity index (χ4n) is 9.78. The number of nitrogens with one attached hydrogen (secondary N) is 4.